The van der Waals surface area contributed by atoms with Crippen molar-refractivity contribution in [3.63, 3.8) is 0 Å². The average molecular weight is 145 g/mol. The fourth-order valence-electron chi connectivity index (χ4n) is 0.392. The molecule has 0 spiro atoms. The van der Waals surface area contributed by atoms with Crippen molar-refractivity contribution in [3.05, 3.63) is 18.5 Å². The van der Waals surface area contributed by atoms with Crippen molar-refractivity contribution in [1.82, 2.24) is 9.97 Å². The fourth-order valence-corrected chi connectivity index (χ4v) is 0.392. The Morgan fingerprint density at radius 2 is 2.40 bits per heavy atom. The highest BCUT2D eigenvalue weighted by molar-refractivity contribution is 4.91. The number of nitrogens with zero attached hydrogens (tertiary/aromatic N) is 2. The van der Waals surface area contributed by atoms with Gasteiger partial charge in [-0.05, 0) is 6.07 Å². The summed E-state index contributed by atoms with van der Waals surface area (Å²) in [7, 11) is 0. The SMILES string of the molecule is FC(F)Oc1n[c]ccn1. The minimum absolute atomic E-state index is 0.363. The van der Waals surface area contributed by atoms with Crippen LogP contribution in [-0.4, -0.2) is 16.6 Å². The third kappa shape index (κ3) is 1.93. The molecule has 1 rings (SSSR count). The van der Waals surface area contributed by atoms with Gasteiger partial charge in [-0.2, -0.15) is 13.8 Å². The van der Waals surface area contributed by atoms with Crippen LogP contribution < -0.4 is 4.74 Å². The Morgan fingerprint density at radius 3 is 2.90 bits per heavy atom. The van der Waals surface area contributed by atoms with E-state index in [4.69, 9.17) is 0 Å². The van der Waals surface area contributed by atoms with Gasteiger partial charge >= 0.3 is 12.6 Å². The van der Waals surface area contributed by atoms with Gasteiger partial charge in [0.15, 0.2) is 0 Å². The van der Waals surface area contributed by atoms with E-state index in [-0.39, 0.29) is 6.01 Å². The van der Waals surface area contributed by atoms with Gasteiger partial charge in [-0.3, -0.25) is 0 Å². The van der Waals surface area contributed by atoms with Gasteiger partial charge < -0.3 is 4.74 Å². The van der Waals surface area contributed by atoms with E-state index in [1.807, 2.05) is 0 Å². The van der Waals surface area contributed by atoms with Crippen molar-refractivity contribution in [2.24, 2.45) is 0 Å². The summed E-state index contributed by atoms with van der Waals surface area (Å²) < 4.78 is 26.6. The molecule has 53 valence electrons. The highest BCUT2D eigenvalue weighted by Gasteiger charge is 2.04. The van der Waals surface area contributed by atoms with Crippen molar-refractivity contribution in [2.45, 2.75) is 6.61 Å². The second-order valence-electron chi connectivity index (χ2n) is 1.35. The fraction of sp³-hybridized carbons (Fsp3) is 0.200. The second kappa shape index (κ2) is 3.05. The van der Waals surface area contributed by atoms with Crippen molar-refractivity contribution in [2.75, 3.05) is 0 Å². The van der Waals surface area contributed by atoms with Gasteiger partial charge in [0.1, 0.15) is 0 Å². The Morgan fingerprint density at radius 1 is 1.60 bits per heavy atom. The minimum atomic E-state index is -2.88. The van der Waals surface area contributed by atoms with E-state index in [9.17, 15) is 8.78 Å². The highest BCUT2D eigenvalue weighted by Crippen LogP contribution is 2.02. The van der Waals surface area contributed by atoms with Gasteiger partial charge in [0.2, 0.25) is 0 Å². The average Bonchev–Trinajstić information content (AvgIpc) is 1.88. The Kier molecular flexibility index (Phi) is 2.09. The first-order valence-corrected chi connectivity index (χ1v) is 2.43. The molecule has 3 nitrogen and oxygen atoms in total. The predicted molar refractivity (Wildman–Crippen MR) is 27.5 cm³/mol. The number of halogens is 2. The zero-order valence-electron chi connectivity index (χ0n) is 4.79. The third-order valence-corrected chi connectivity index (χ3v) is 0.689. The van der Waals surface area contributed by atoms with Crippen molar-refractivity contribution < 1.29 is 13.5 Å². The smallest absolute Gasteiger partial charge is 0.389 e. The maximum atomic E-state index is 11.4. The minimum Gasteiger partial charge on any atom is -0.401 e. The van der Waals surface area contributed by atoms with E-state index in [0.29, 0.717) is 0 Å². The molecule has 10 heavy (non-hydrogen) atoms. The molecular formula is C5H3F2N2O. The lowest BCUT2D eigenvalue weighted by Gasteiger charge is -1.98. The maximum Gasteiger partial charge on any atom is 0.389 e. The van der Waals surface area contributed by atoms with Crippen molar-refractivity contribution in [3.8, 4) is 6.01 Å². The van der Waals surface area contributed by atoms with Crippen LogP contribution in [0.2, 0.25) is 0 Å². The molecule has 0 bridgehead atoms. The summed E-state index contributed by atoms with van der Waals surface area (Å²) >= 11 is 0. The zero-order chi connectivity index (χ0) is 7.40. The highest BCUT2D eigenvalue weighted by atomic mass is 19.3. The number of alkyl halides is 2. The monoisotopic (exact) mass is 145 g/mol. The predicted octanol–water partition coefficient (Wildman–Crippen LogP) is 0.878. The molecule has 0 aromatic carbocycles. The molecule has 1 aromatic heterocycles. The summed E-state index contributed by atoms with van der Waals surface area (Å²) in [6, 6.07) is 1.02. The zero-order valence-corrected chi connectivity index (χ0v) is 4.79. The first-order chi connectivity index (χ1) is 4.79. The van der Waals surface area contributed by atoms with Crippen LogP contribution in [0.25, 0.3) is 0 Å². The molecule has 5 heteroatoms. The topological polar surface area (TPSA) is 35.0 Å². The molecule has 0 amide bonds. The first-order valence-electron chi connectivity index (χ1n) is 2.43. The van der Waals surface area contributed by atoms with E-state index in [1.165, 1.54) is 12.3 Å². The normalized spacial score (nSPS) is 9.90. The van der Waals surface area contributed by atoms with Gasteiger partial charge in [-0.15, -0.1) is 0 Å². The molecule has 0 unspecified atom stereocenters. The molecule has 0 saturated carbocycles. The van der Waals surface area contributed by atoms with Crippen molar-refractivity contribution in [1.29, 1.82) is 0 Å². The van der Waals surface area contributed by atoms with Crippen LogP contribution in [0, 0.1) is 6.20 Å². The third-order valence-electron chi connectivity index (χ3n) is 0.689. The molecule has 1 heterocycles. The number of hydrogen-bond acceptors (Lipinski definition) is 3. The molecule has 0 aliphatic carbocycles. The summed E-state index contributed by atoms with van der Waals surface area (Å²) in [6.45, 7) is -2.88. The Bertz CT molecular complexity index is 192. The molecule has 0 aliphatic rings. The molecule has 1 radical (unpaired) electrons. The summed E-state index contributed by atoms with van der Waals surface area (Å²) in [6.07, 6.45) is 3.56. The van der Waals surface area contributed by atoms with E-state index < -0.39 is 6.61 Å². The molecule has 0 saturated heterocycles. The standard InChI is InChI=1S/C5H3F2N2O/c6-4(7)10-5-8-2-1-3-9-5/h1-2,4H. The Hall–Kier alpha value is -1.26. The number of rotatable bonds is 2. The van der Waals surface area contributed by atoms with Gasteiger partial charge in [0.25, 0.3) is 0 Å². The molecule has 0 N–H and O–H groups in total. The van der Waals surface area contributed by atoms with Crippen molar-refractivity contribution >= 4 is 0 Å². The van der Waals surface area contributed by atoms with Gasteiger partial charge in [0, 0.05) is 6.20 Å². The van der Waals surface area contributed by atoms with Crippen LogP contribution in [-0.2, 0) is 0 Å². The molecule has 0 atom stereocenters. The number of hydrogen-bond donors (Lipinski definition) is 0. The van der Waals surface area contributed by atoms with Crippen LogP contribution in [0.15, 0.2) is 12.3 Å². The largest absolute Gasteiger partial charge is 0.401 e. The molecular weight excluding hydrogens is 142 g/mol. The van der Waals surface area contributed by atoms with Crippen LogP contribution in [0.1, 0.15) is 0 Å². The quantitative estimate of drug-likeness (QED) is 0.619. The molecule has 0 fully saturated rings. The van der Waals surface area contributed by atoms with Crippen LogP contribution in [0.5, 0.6) is 6.01 Å². The van der Waals surface area contributed by atoms with E-state index in [0.717, 1.165) is 0 Å². The number of aromatic nitrogens is 2. The Labute approximate surface area is 55.7 Å². The maximum absolute atomic E-state index is 11.4. The lowest BCUT2D eigenvalue weighted by atomic mass is 10.7. The van der Waals surface area contributed by atoms with Crippen LogP contribution in [0.4, 0.5) is 8.78 Å². The van der Waals surface area contributed by atoms with Gasteiger partial charge in [-0.25, -0.2) is 4.98 Å². The number of ether oxygens (including phenoxy) is 1. The van der Waals surface area contributed by atoms with Gasteiger partial charge in [-0.1, -0.05) is 0 Å². The lowest BCUT2D eigenvalue weighted by Crippen LogP contribution is -2.04. The lowest BCUT2D eigenvalue weighted by molar-refractivity contribution is -0.0561. The second-order valence-corrected chi connectivity index (χ2v) is 1.35. The van der Waals surface area contributed by atoms with E-state index in [1.54, 1.807) is 0 Å². The molecule has 0 aliphatic heterocycles. The summed E-state index contributed by atoms with van der Waals surface area (Å²) in [5.74, 6) is 0. The summed E-state index contributed by atoms with van der Waals surface area (Å²) in [5, 5.41) is 0. The first kappa shape index (κ1) is 6.85. The molecule has 1 aromatic rings. The van der Waals surface area contributed by atoms with Crippen LogP contribution >= 0.6 is 0 Å². The van der Waals surface area contributed by atoms with E-state index >= 15 is 0 Å². The summed E-state index contributed by atoms with van der Waals surface area (Å²) in [4.78, 5) is 6.65. The van der Waals surface area contributed by atoms with Gasteiger partial charge in [0.05, 0.1) is 6.20 Å². The summed E-state index contributed by atoms with van der Waals surface area (Å²) in [5.41, 5.74) is 0. The van der Waals surface area contributed by atoms with Crippen LogP contribution in [0.3, 0.4) is 0 Å². The Balaban J connectivity index is 2.59. The van der Waals surface area contributed by atoms with E-state index in [2.05, 4.69) is 20.9 Å².